The van der Waals surface area contributed by atoms with E-state index in [0.29, 0.717) is 12.1 Å². The van der Waals surface area contributed by atoms with E-state index < -0.39 is 0 Å². The molecule has 0 aliphatic carbocycles. The molecular weight excluding hydrogens is 486 g/mol. The Morgan fingerprint density at radius 1 is 1.10 bits per heavy atom. The molecule has 4 atom stereocenters. The van der Waals surface area contributed by atoms with Crippen LogP contribution in [0, 0.1) is 0 Å². The van der Waals surface area contributed by atoms with Gasteiger partial charge in [0.1, 0.15) is 5.75 Å². The lowest BCUT2D eigenvalue weighted by Gasteiger charge is -2.47. The van der Waals surface area contributed by atoms with E-state index >= 15 is 0 Å². The Hall–Kier alpha value is -2.67. The van der Waals surface area contributed by atoms with E-state index in [1.807, 2.05) is 36.1 Å². The summed E-state index contributed by atoms with van der Waals surface area (Å²) in [5.41, 5.74) is 3.13. The number of carbonyl (C=O) groups excluding carboxylic acids is 1. The number of hydrogen-bond acceptors (Lipinski definition) is 5. The van der Waals surface area contributed by atoms with E-state index in [0.717, 1.165) is 76.3 Å². The summed E-state index contributed by atoms with van der Waals surface area (Å²) in [6, 6.07) is 17.6. The first kappa shape index (κ1) is 29.3. The Morgan fingerprint density at radius 2 is 1.90 bits per heavy atom. The molecule has 1 amide bonds. The number of carbonyl (C=O) groups is 1. The second-order valence-corrected chi connectivity index (χ2v) is 11.0. The topological polar surface area (TPSA) is 45.2 Å². The van der Waals surface area contributed by atoms with Crippen LogP contribution in [-0.2, 0) is 4.74 Å². The second-order valence-electron chi connectivity index (χ2n) is 11.0. The van der Waals surface area contributed by atoms with Crippen LogP contribution in [0.25, 0.3) is 0 Å². The van der Waals surface area contributed by atoms with Crippen molar-refractivity contribution in [1.82, 2.24) is 14.7 Å². The summed E-state index contributed by atoms with van der Waals surface area (Å²) >= 11 is 0. The standard InChI is InChI=1S/C33H47N3O3/c1-6-19-34(8-3)33(37)28-17-15-27(16-18-28)32(36-24-25(4)35(20-7-2)23-26(36)5)29-12-11-13-30(22-29)39-31-14-9-10-21-38-31/h7,11-13,15-18,22,25-26,31-32H,2,6,8-10,14,19-21,23-24H2,1,3-5H3/t25-,26+,31?,32-/m1/s1. The normalized spacial score (nSPS) is 23.2. The van der Waals surface area contributed by atoms with Gasteiger partial charge in [0, 0.05) is 56.8 Å². The van der Waals surface area contributed by atoms with Crippen molar-refractivity contribution in [2.24, 2.45) is 0 Å². The summed E-state index contributed by atoms with van der Waals surface area (Å²) in [5, 5.41) is 0. The zero-order chi connectivity index (χ0) is 27.8. The number of nitrogens with zero attached hydrogens (tertiary/aromatic N) is 3. The fourth-order valence-electron chi connectivity index (χ4n) is 5.96. The molecule has 0 saturated carbocycles. The molecule has 4 rings (SSSR count). The molecular formula is C33H47N3O3. The predicted molar refractivity (Wildman–Crippen MR) is 158 cm³/mol. The van der Waals surface area contributed by atoms with E-state index in [1.54, 1.807) is 0 Å². The van der Waals surface area contributed by atoms with Gasteiger partial charge in [0.25, 0.3) is 5.91 Å². The molecule has 0 N–H and O–H groups in total. The van der Waals surface area contributed by atoms with Crippen molar-refractivity contribution in [3.63, 3.8) is 0 Å². The largest absolute Gasteiger partial charge is 0.465 e. The van der Waals surface area contributed by atoms with Crippen LogP contribution in [0.4, 0.5) is 0 Å². The Bertz CT molecular complexity index is 1070. The fourth-order valence-corrected chi connectivity index (χ4v) is 5.96. The summed E-state index contributed by atoms with van der Waals surface area (Å²) in [5.74, 6) is 0.950. The van der Waals surface area contributed by atoms with Gasteiger partial charge in [-0.3, -0.25) is 14.6 Å². The smallest absolute Gasteiger partial charge is 0.253 e. The first-order chi connectivity index (χ1) is 18.9. The minimum Gasteiger partial charge on any atom is -0.465 e. The molecule has 2 fully saturated rings. The maximum Gasteiger partial charge on any atom is 0.253 e. The molecule has 0 aromatic heterocycles. The van der Waals surface area contributed by atoms with E-state index in [2.05, 4.69) is 67.5 Å². The Labute approximate surface area is 235 Å². The molecule has 2 aliphatic rings. The number of ether oxygens (including phenoxy) is 2. The fraction of sp³-hybridized carbons (Fsp3) is 0.545. The Morgan fingerprint density at radius 3 is 2.56 bits per heavy atom. The maximum atomic E-state index is 13.1. The zero-order valence-corrected chi connectivity index (χ0v) is 24.4. The lowest BCUT2D eigenvalue weighted by atomic mass is 9.92. The average Bonchev–Trinajstić information content (AvgIpc) is 2.95. The highest BCUT2D eigenvalue weighted by molar-refractivity contribution is 5.94. The van der Waals surface area contributed by atoms with Crippen LogP contribution in [0.3, 0.4) is 0 Å². The molecule has 2 saturated heterocycles. The molecule has 2 aliphatic heterocycles. The van der Waals surface area contributed by atoms with Crippen molar-refractivity contribution in [2.75, 3.05) is 39.3 Å². The van der Waals surface area contributed by atoms with Crippen LogP contribution in [0.1, 0.15) is 80.9 Å². The molecule has 2 heterocycles. The van der Waals surface area contributed by atoms with Gasteiger partial charge in [-0.2, -0.15) is 0 Å². The van der Waals surface area contributed by atoms with Gasteiger partial charge in [0.15, 0.2) is 6.29 Å². The van der Waals surface area contributed by atoms with Crippen LogP contribution < -0.4 is 4.74 Å². The molecule has 2 aromatic carbocycles. The number of hydrogen-bond donors (Lipinski definition) is 0. The van der Waals surface area contributed by atoms with Gasteiger partial charge in [-0.1, -0.05) is 37.3 Å². The minimum atomic E-state index is -0.177. The van der Waals surface area contributed by atoms with Gasteiger partial charge in [-0.15, -0.1) is 6.58 Å². The molecule has 212 valence electrons. The Kier molecular flexibility index (Phi) is 10.6. The van der Waals surface area contributed by atoms with Crippen molar-refractivity contribution >= 4 is 5.91 Å². The lowest BCUT2D eigenvalue weighted by Crippen LogP contribution is -2.57. The molecule has 0 radical (unpaired) electrons. The van der Waals surface area contributed by atoms with Gasteiger partial charge >= 0.3 is 0 Å². The van der Waals surface area contributed by atoms with Crippen molar-refractivity contribution in [2.45, 2.75) is 77.8 Å². The van der Waals surface area contributed by atoms with Crippen LogP contribution in [0.15, 0.2) is 61.2 Å². The second kappa shape index (κ2) is 14.1. The molecule has 2 aromatic rings. The summed E-state index contributed by atoms with van der Waals surface area (Å²) < 4.78 is 12.1. The highest BCUT2D eigenvalue weighted by atomic mass is 16.7. The number of piperazine rings is 1. The van der Waals surface area contributed by atoms with E-state index in [1.165, 1.54) is 11.1 Å². The lowest BCUT2D eigenvalue weighted by molar-refractivity contribution is -0.105. The quantitative estimate of drug-likeness (QED) is 0.325. The SMILES string of the molecule is C=CCN1C[C@H](C)N([C@H](c2ccc(C(=O)N(CC)CCC)cc2)c2cccc(OC3CCCCO3)c2)C[C@H]1C. The van der Waals surface area contributed by atoms with Crippen molar-refractivity contribution in [3.8, 4) is 5.75 Å². The molecule has 39 heavy (non-hydrogen) atoms. The van der Waals surface area contributed by atoms with Crippen LogP contribution in [0.5, 0.6) is 5.75 Å². The van der Waals surface area contributed by atoms with Gasteiger partial charge < -0.3 is 14.4 Å². The zero-order valence-electron chi connectivity index (χ0n) is 24.4. The first-order valence-corrected chi connectivity index (χ1v) is 14.8. The van der Waals surface area contributed by atoms with Gasteiger partial charge in [-0.05, 0) is 75.4 Å². The van der Waals surface area contributed by atoms with Crippen LogP contribution in [0.2, 0.25) is 0 Å². The van der Waals surface area contributed by atoms with Gasteiger partial charge in [0.05, 0.1) is 12.6 Å². The first-order valence-electron chi connectivity index (χ1n) is 14.8. The summed E-state index contributed by atoms with van der Waals surface area (Å²) in [4.78, 5) is 20.1. The van der Waals surface area contributed by atoms with E-state index in [-0.39, 0.29) is 18.2 Å². The van der Waals surface area contributed by atoms with E-state index in [9.17, 15) is 4.79 Å². The number of rotatable bonds is 11. The third-order valence-electron chi connectivity index (χ3n) is 8.07. The Balaban J connectivity index is 1.65. The molecule has 1 unspecified atom stereocenters. The minimum absolute atomic E-state index is 0.0474. The van der Waals surface area contributed by atoms with Crippen molar-refractivity contribution in [1.29, 1.82) is 0 Å². The van der Waals surface area contributed by atoms with Crippen molar-refractivity contribution in [3.05, 3.63) is 77.9 Å². The molecule has 6 heteroatoms. The maximum absolute atomic E-state index is 13.1. The van der Waals surface area contributed by atoms with E-state index in [4.69, 9.17) is 9.47 Å². The highest BCUT2D eigenvalue weighted by Crippen LogP contribution is 2.35. The summed E-state index contributed by atoms with van der Waals surface area (Å²) in [6.07, 6.45) is 5.94. The third-order valence-corrected chi connectivity index (χ3v) is 8.07. The highest BCUT2D eigenvalue weighted by Gasteiger charge is 2.34. The summed E-state index contributed by atoms with van der Waals surface area (Å²) in [7, 11) is 0. The monoisotopic (exact) mass is 533 g/mol. The number of benzene rings is 2. The summed E-state index contributed by atoms with van der Waals surface area (Å²) in [6.45, 7) is 17.8. The predicted octanol–water partition coefficient (Wildman–Crippen LogP) is 6.13. The third kappa shape index (κ3) is 7.30. The van der Waals surface area contributed by atoms with Crippen molar-refractivity contribution < 1.29 is 14.3 Å². The molecule has 0 spiro atoms. The van der Waals surface area contributed by atoms with Crippen LogP contribution in [-0.4, -0.2) is 78.3 Å². The van der Waals surface area contributed by atoms with Gasteiger partial charge in [-0.25, -0.2) is 0 Å². The van der Waals surface area contributed by atoms with Crippen LogP contribution >= 0.6 is 0 Å². The number of amides is 1. The molecule has 0 bridgehead atoms. The average molecular weight is 534 g/mol. The molecule has 6 nitrogen and oxygen atoms in total. The van der Waals surface area contributed by atoms with Gasteiger partial charge in [0.2, 0.25) is 0 Å².